The van der Waals surface area contributed by atoms with Gasteiger partial charge in [0.2, 0.25) is 0 Å². The average molecular weight is 273 g/mol. The molecule has 0 spiro atoms. The summed E-state index contributed by atoms with van der Waals surface area (Å²) in [4.78, 5) is 12.9. The van der Waals surface area contributed by atoms with Gasteiger partial charge in [0.05, 0.1) is 18.6 Å². The molecule has 0 radical (unpaired) electrons. The summed E-state index contributed by atoms with van der Waals surface area (Å²) in [7, 11) is 0. The lowest BCUT2D eigenvalue weighted by atomic mass is 10.1. The van der Waals surface area contributed by atoms with E-state index in [4.69, 9.17) is 9.52 Å². The van der Waals surface area contributed by atoms with Crippen LogP contribution in [0, 0.1) is 0 Å². The monoisotopic (exact) mass is 273 g/mol. The number of hydrogen-bond donors (Lipinski definition) is 1. The van der Waals surface area contributed by atoms with Gasteiger partial charge in [-0.15, -0.1) is 0 Å². The van der Waals surface area contributed by atoms with Crippen LogP contribution < -0.4 is 4.90 Å². The molecule has 4 nitrogen and oxygen atoms in total. The van der Waals surface area contributed by atoms with Crippen LogP contribution in [0.2, 0.25) is 0 Å². The Labute approximate surface area is 118 Å². The molecule has 1 aromatic carbocycles. The first-order valence-electron chi connectivity index (χ1n) is 6.74. The number of rotatable bonds is 7. The van der Waals surface area contributed by atoms with Crippen LogP contribution in [0.3, 0.4) is 0 Å². The maximum Gasteiger partial charge on any atom is 0.303 e. The van der Waals surface area contributed by atoms with Gasteiger partial charge in [0, 0.05) is 24.2 Å². The SMILES string of the molecule is CC(c1ccoc1)N(CCCC(=O)O)c1ccccc1. The summed E-state index contributed by atoms with van der Waals surface area (Å²) < 4.78 is 5.14. The maximum absolute atomic E-state index is 10.7. The summed E-state index contributed by atoms with van der Waals surface area (Å²) in [5.41, 5.74) is 2.18. The highest BCUT2D eigenvalue weighted by atomic mass is 16.4. The summed E-state index contributed by atoms with van der Waals surface area (Å²) in [6, 6.07) is 12.1. The van der Waals surface area contributed by atoms with Crippen LogP contribution in [0.25, 0.3) is 0 Å². The van der Waals surface area contributed by atoms with Crippen LogP contribution in [0.15, 0.2) is 53.3 Å². The van der Waals surface area contributed by atoms with Crippen molar-refractivity contribution >= 4 is 11.7 Å². The second kappa shape index (κ2) is 6.80. The van der Waals surface area contributed by atoms with E-state index in [-0.39, 0.29) is 12.5 Å². The minimum Gasteiger partial charge on any atom is -0.481 e. The van der Waals surface area contributed by atoms with Gasteiger partial charge in [-0.3, -0.25) is 4.79 Å². The van der Waals surface area contributed by atoms with Crippen LogP contribution in [-0.2, 0) is 4.79 Å². The van der Waals surface area contributed by atoms with Crippen molar-refractivity contribution in [1.29, 1.82) is 0 Å². The molecule has 0 aliphatic heterocycles. The van der Waals surface area contributed by atoms with E-state index in [2.05, 4.69) is 11.8 Å². The molecule has 1 heterocycles. The summed E-state index contributed by atoms with van der Waals surface area (Å²) in [5, 5.41) is 8.79. The molecule has 0 aliphatic rings. The van der Waals surface area contributed by atoms with Gasteiger partial charge in [-0.1, -0.05) is 18.2 Å². The molecule has 106 valence electrons. The van der Waals surface area contributed by atoms with Gasteiger partial charge in [0.25, 0.3) is 0 Å². The average Bonchev–Trinajstić information content (AvgIpc) is 2.98. The fraction of sp³-hybridized carbons (Fsp3) is 0.312. The molecule has 0 saturated carbocycles. The van der Waals surface area contributed by atoms with Crippen molar-refractivity contribution in [3.8, 4) is 0 Å². The number of carbonyl (C=O) groups is 1. The van der Waals surface area contributed by atoms with Gasteiger partial charge >= 0.3 is 5.97 Å². The van der Waals surface area contributed by atoms with E-state index in [0.29, 0.717) is 13.0 Å². The Balaban J connectivity index is 2.13. The number of furan rings is 1. The van der Waals surface area contributed by atoms with Gasteiger partial charge in [0.1, 0.15) is 0 Å². The van der Waals surface area contributed by atoms with Crippen molar-refractivity contribution in [1.82, 2.24) is 0 Å². The zero-order chi connectivity index (χ0) is 14.4. The van der Waals surface area contributed by atoms with Crippen LogP contribution in [0.1, 0.15) is 31.4 Å². The van der Waals surface area contributed by atoms with Gasteiger partial charge in [-0.05, 0) is 31.5 Å². The summed E-state index contributed by atoms with van der Waals surface area (Å²) in [6.45, 7) is 2.79. The van der Waals surface area contributed by atoms with Crippen molar-refractivity contribution in [2.24, 2.45) is 0 Å². The third-order valence-electron chi connectivity index (χ3n) is 3.37. The molecule has 1 aromatic heterocycles. The fourth-order valence-corrected chi connectivity index (χ4v) is 2.26. The van der Waals surface area contributed by atoms with Crippen molar-refractivity contribution < 1.29 is 14.3 Å². The lowest BCUT2D eigenvalue weighted by Crippen LogP contribution is -2.28. The fourth-order valence-electron chi connectivity index (χ4n) is 2.26. The molecule has 0 fully saturated rings. The van der Waals surface area contributed by atoms with Crippen LogP contribution in [0.5, 0.6) is 0 Å². The van der Waals surface area contributed by atoms with E-state index in [1.165, 1.54) is 0 Å². The molecule has 0 bridgehead atoms. The molecule has 1 N–H and O–H groups in total. The molecule has 0 amide bonds. The first kappa shape index (κ1) is 14.2. The molecule has 0 aliphatic carbocycles. The Morgan fingerprint density at radius 1 is 1.30 bits per heavy atom. The van der Waals surface area contributed by atoms with Crippen LogP contribution >= 0.6 is 0 Å². The Kier molecular flexibility index (Phi) is 4.82. The van der Waals surface area contributed by atoms with Crippen molar-refractivity contribution in [2.75, 3.05) is 11.4 Å². The highest BCUT2D eigenvalue weighted by molar-refractivity contribution is 5.66. The van der Waals surface area contributed by atoms with Crippen molar-refractivity contribution in [2.45, 2.75) is 25.8 Å². The number of anilines is 1. The standard InChI is InChI=1S/C16H19NO3/c1-13(14-9-11-20-12-14)17(10-5-8-16(18)19)15-6-3-2-4-7-15/h2-4,6-7,9,11-13H,5,8,10H2,1H3,(H,18,19). The van der Waals surface area contributed by atoms with Gasteiger partial charge in [-0.2, -0.15) is 0 Å². The molecular formula is C16H19NO3. The number of aliphatic carboxylic acids is 1. The molecule has 2 rings (SSSR count). The Bertz CT molecular complexity index is 522. The molecule has 4 heteroatoms. The first-order valence-corrected chi connectivity index (χ1v) is 6.74. The molecule has 2 aromatic rings. The van der Waals surface area contributed by atoms with Crippen molar-refractivity contribution in [3.63, 3.8) is 0 Å². The normalized spacial score (nSPS) is 12.1. The van der Waals surface area contributed by atoms with E-state index in [9.17, 15) is 4.79 Å². The highest BCUT2D eigenvalue weighted by Crippen LogP contribution is 2.27. The lowest BCUT2D eigenvalue weighted by Gasteiger charge is -2.30. The topological polar surface area (TPSA) is 53.7 Å². The number of carboxylic acid groups (broad SMARTS) is 1. The molecule has 1 unspecified atom stereocenters. The minimum atomic E-state index is -0.756. The minimum absolute atomic E-state index is 0.143. The molecular weight excluding hydrogens is 254 g/mol. The predicted octanol–water partition coefficient (Wildman–Crippen LogP) is 3.71. The number of para-hydroxylation sites is 1. The quantitative estimate of drug-likeness (QED) is 0.835. The summed E-state index contributed by atoms with van der Waals surface area (Å²) in [5.74, 6) is -0.756. The molecule has 20 heavy (non-hydrogen) atoms. The Morgan fingerprint density at radius 2 is 2.05 bits per heavy atom. The third-order valence-corrected chi connectivity index (χ3v) is 3.37. The largest absolute Gasteiger partial charge is 0.481 e. The van der Waals surface area contributed by atoms with Crippen LogP contribution in [0.4, 0.5) is 5.69 Å². The summed E-state index contributed by atoms with van der Waals surface area (Å²) >= 11 is 0. The van der Waals surface area contributed by atoms with Gasteiger partial charge < -0.3 is 14.4 Å². The van der Waals surface area contributed by atoms with E-state index in [0.717, 1.165) is 11.3 Å². The first-order chi connectivity index (χ1) is 9.68. The maximum atomic E-state index is 10.7. The number of hydrogen-bond acceptors (Lipinski definition) is 3. The number of nitrogens with zero attached hydrogens (tertiary/aromatic N) is 1. The Morgan fingerprint density at radius 3 is 2.65 bits per heavy atom. The zero-order valence-electron chi connectivity index (χ0n) is 11.5. The second-order valence-electron chi connectivity index (χ2n) is 4.76. The van der Waals surface area contributed by atoms with E-state index in [1.54, 1.807) is 12.5 Å². The lowest BCUT2D eigenvalue weighted by molar-refractivity contribution is -0.137. The number of carboxylic acids is 1. The predicted molar refractivity (Wildman–Crippen MR) is 77.8 cm³/mol. The summed E-state index contributed by atoms with van der Waals surface area (Å²) in [6.07, 6.45) is 4.19. The van der Waals surface area contributed by atoms with Crippen LogP contribution in [-0.4, -0.2) is 17.6 Å². The Hall–Kier alpha value is -2.23. The zero-order valence-corrected chi connectivity index (χ0v) is 11.5. The van der Waals surface area contributed by atoms with E-state index >= 15 is 0 Å². The molecule has 0 saturated heterocycles. The smallest absolute Gasteiger partial charge is 0.303 e. The second-order valence-corrected chi connectivity index (χ2v) is 4.76. The van der Waals surface area contributed by atoms with E-state index in [1.807, 2.05) is 36.4 Å². The highest BCUT2D eigenvalue weighted by Gasteiger charge is 2.17. The number of benzene rings is 1. The molecule has 1 atom stereocenters. The van der Waals surface area contributed by atoms with Crippen molar-refractivity contribution in [3.05, 3.63) is 54.5 Å². The van der Waals surface area contributed by atoms with E-state index < -0.39 is 5.97 Å². The van der Waals surface area contributed by atoms with Gasteiger partial charge in [-0.25, -0.2) is 0 Å². The van der Waals surface area contributed by atoms with Gasteiger partial charge in [0.15, 0.2) is 0 Å². The third kappa shape index (κ3) is 3.63.